The van der Waals surface area contributed by atoms with Gasteiger partial charge in [0.15, 0.2) is 0 Å². The number of rotatable bonds is 2. The van der Waals surface area contributed by atoms with Crippen molar-refractivity contribution < 1.29 is 9.18 Å². The molecule has 0 radical (unpaired) electrons. The van der Waals surface area contributed by atoms with E-state index in [1.54, 1.807) is 17.0 Å². The molecule has 1 amide bonds. The molecular formula is C15H20ClFN2O. The van der Waals surface area contributed by atoms with E-state index in [0.717, 1.165) is 6.42 Å². The Kier molecular flexibility index (Phi) is 4.66. The van der Waals surface area contributed by atoms with Gasteiger partial charge in [0.05, 0.1) is 11.1 Å². The molecule has 0 bridgehead atoms. The van der Waals surface area contributed by atoms with Gasteiger partial charge < -0.3 is 10.6 Å². The van der Waals surface area contributed by atoms with Gasteiger partial charge in [-0.05, 0) is 32.8 Å². The van der Waals surface area contributed by atoms with Gasteiger partial charge in [0.25, 0.3) is 0 Å². The maximum atomic E-state index is 14.3. The molecule has 110 valence electrons. The number of benzene rings is 1. The lowest BCUT2D eigenvalue weighted by molar-refractivity contribution is -0.135. The van der Waals surface area contributed by atoms with E-state index in [2.05, 4.69) is 0 Å². The molecule has 1 aromatic carbocycles. The first-order valence-electron chi connectivity index (χ1n) is 6.94. The van der Waals surface area contributed by atoms with Crippen LogP contribution < -0.4 is 5.73 Å². The number of hydrogen-bond donors (Lipinski definition) is 1. The largest absolute Gasteiger partial charge is 0.332 e. The molecule has 3 nitrogen and oxygen atoms in total. The average Bonchev–Trinajstić information content (AvgIpc) is 2.52. The second kappa shape index (κ2) is 6.10. The molecule has 1 fully saturated rings. The number of amides is 1. The van der Waals surface area contributed by atoms with Crippen molar-refractivity contribution in [1.29, 1.82) is 0 Å². The molecule has 2 unspecified atom stereocenters. The topological polar surface area (TPSA) is 46.3 Å². The lowest BCUT2D eigenvalue weighted by Gasteiger charge is -2.37. The van der Waals surface area contributed by atoms with Crippen LogP contribution in [0.5, 0.6) is 0 Å². The quantitative estimate of drug-likeness (QED) is 0.911. The van der Waals surface area contributed by atoms with Crippen LogP contribution >= 0.6 is 11.6 Å². The van der Waals surface area contributed by atoms with E-state index in [4.69, 9.17) is 17.3 Å². The first-order chi connectivity index (χ1) is 9.43. The Bertz CT molecular complexity index is 507. The zero-order valence-corrected chi connectivity index (χ0v) is 12.5. The van der Waals surface area contributed by atoms with Crippen LogP contribution in [0.3, 0.4) is 0 Å². The Labute approximate surface area is 123 Å². The number of nitrogens with zero attached hydrogens (tertiary/aromatic N) is 1. The molecule has 2 atom stereocenters. The van der Waals surface area contributed by atoms with Crippen molar-refractivity contribution >= 4 is 17.5 Å². The molecule has 2 N–H and O–H groups in total. The molecule has 1 aromatic rings. The number of nitrogens with two attached hydrogens (primary N) is 1. The Morgan fingerprint density at radius 1 is 1.45 bits per heavy atom. The van der Waals surface area contributed by atoms with Crippen molar-refractivity contribution in [2.24, 2.45) is 5.73 Å². The summed E-state index contributed by atoms with van der Waals surface area (Å²) in [6.45, 7) is 3.84. The smallest absolute Gasteiger partial charge is 0.223 e. The highest BCUT2D eigenvalue weighted by Crippen LogP contribution is 2.34. The van der Waals surface area contributed by atoms with Gasteiger partial charge in [-0.25, -0.2) is 4.39 Å². The third-order valence-corrected chi connectivity index (χ3v) is 4.07. The van der Waals surface area contributed by atoms with Crippen molar-refractivity contribution in [3.8, 4) is 0 Å². The van der Waals surface area contributed by atoms with Gasteiger partial charge in [-0.1, -0.05) is 23.7 Å². The van der Waals surface area contributed by atoms with Crippen molar-refractivity contribution in [3.05, 3.63) is 34.6 Å². The summed E-state index contributed by atoms with van der Waals surface area (Å²) in [6.07, 6.45) is 1.90. The molecule has 0 spiro atoms. The third kappa shape index (κ3) is 2.81. The molecule has 1 aliphatic heterocycles. The number of carbonyl (C=O) groups is 1. The molecule has 0 aromatic heterocycles. The first-order valence-corrected chi connectivity index (χ1v) is 7.32. The molecular weight excluding hydrogens is 279 g/mol. The summed E-state index contributed by atoms with van der Waals surface area (Å²) in [5.74, 6) is -0.452. The summed E-state index contributed by atoms with van der Waals surface area (Å²) >= 11 is 5.87. The molecule has 2 rings (SSSR count). The fraction of sp³-hybridized carbons (Fsp3) is 0.533. The maximum absolute atomic E-state index is 14.3. The fourth-order valence-corrected chi connectivity index (χ4v) is 3.06. The van der Waals surface area contributed by atoms with E-state index < -0.39 is 11.9 Å². The Morgan fingerprint density at radius 2 is 2.15 bits per heavy atom. The minimum atomic E-state index is -0.477. The molecule has 0 aliphatic carbocycles. The summed E-state index contributed by atoms with van der Waals surface area (Å²) in [7, 11) is 0. The molecule has 5 heteroatoms. The second-order valence-electron chi connectivity index (χ2n) is 5.54. The number of hydrogen-bond acceptors (Lipinski definition) is 2. The average molecular weight is 299 g/mol. The van der Waals surface area contributed by atoms with Crippen molar-refractivity contribution in [2.45, 2.75) is 51.2 Å². The van der Waals surface area contributed by atoms with Gasteiger partial charge in [0, 0.05) is 24.1 Å². The summed E-state index contributed by atoms with van der Waals surface area (Å²) in [5.41, 5.74) is 6.63. The molecule has 1 heterocycles. The second-order valence-corrected chi connectivity index (χ2v) is 5.95. The van der Waals surface area contributed by atoms with Gasteiger partial charge in [0.2, 0.25) is 5.91 Å². The van der Waals surface area contributed by atoms with Crippen LogP contribution in [0.2, 0.25) is 5.02 Å². The predicted octanol–water partition coefficient (Wildman–Crippen LogP) is 3.27. The van der Waals surface area contributed by atoms with E-state index in [-0.39, 0.29) is 23.0 Å². The molecule has 1 saturated heterocycles. The zero-order chi connectivity index (χ0) is 14.9. The molecule has 1 aliphatic rings. The summed E-state index contributed by atoms with van der Waals surface area (Å²) in [4.78, 5) is 14.0. The summed E-state index contributed by atoms with van der Waals surface area (Å²) in [6, 6.07) is 4.10. The normalized spacial score (nSPS) is 24.1. The van der Waals surface area contributed by atoms with Gasteiger partial charge in [-0.3, -0.25) is 4.79 Å². The lowest BCUT2D eigenvalue weighted by atomic mass is 9.95. The fourth-order valence-electron chi connectivity index (χ4n) is 2.88. The first kappa shape index (κ1) is 15.3. The minimum absolute atomic E-state index is 0.0253. The van der Waals surface area contributed by atoms with Crippen LogP contribution in [0.25, 0.3) is 0 Å². The van der Waals surface area contributed by atoms with E-state index in [0.29, 0.717) is 18.4 Å². The standard InChI is InChI=1S/C15H20ClFN2O/c1-9(2)19-13(20)8-4-7-12(18)15(19)10-5-3-6-11(16)14(10)17/h3,5-6,9,12,15H,4,7-8,18H2,1-2H3. The van der Waals surface area contributed by atoms with Crippen LogP contribution in [-0.2, 0) is 4.79 Å². The summed E-state index contributed by atoms with van der Waals surface area (Å²) < 4.78 is 14.3. The third-order valence-electron chi connectivity index (χ3n) is 3.78. The molecule has 20 heavy (non-hydrogen) atoms. The number of likely N-dealkylation sites (tertiary alicyclic amines) is 1. The van der Waals surface area contributed by atoms with E-state index >= 15 is 0 Å². The van der Waals surface area contributed by atoms with Gasteiger partial charge in [0.1, 0.15) is 5.82 Å². The highest BCUT2D eigenvalue weighted by Gasteiger charge is 2.36. The highest BCUT2D eigenvalue weighted by atomic mass is 35.5. The Balaban J connectivity index is 2.52. The van der Waals surface area contributed by atoms with Gasteiger partial charge in [-0.15, -0.1) is 0 Å². The Hall–Kier alpha value is -1.13. The summed E-state index contributed by atoms with van der Waals surface area (Å²) in [5, 5.41) is 0.0649. The monoisotopic (exact) mass is 298 g/mol. The van der Waals surface area contributed by atoms with Crippen LogP contribution in [0.1, 0.15) is 44.7 Å². The SMILES string of the molecule is CC(C)N1C(=O)CCCC(N)C1c1cccc(Cl)c1F. The number of carbonyl (C=O) groups excluding carboxylic acids is 1. The minimum Gasteiger partial charge on any atom is -0.332 e. The predicted molar refractivity (Wildman–Crippen MR) is 78.0 cm³/mol. The van der Waals surface area contributed by atoms with E-state index in [1.165, 1.54) is 6.07 Å². The van der Waals surface area contributed by atoms with E-state index in [1.807, 2.05) is 13.8 Å². The van der Waals surface area contributed by atoms with E-state index in [9.17, 15) is 9.18 Å². The number of halogens is 2. The molecule has 0 saturated carbocycles. The van der Waals surface area contributed by atoms with Crippen LogP contribution in [0.15, 0.2) is 18.2 Å². The van der Waals surface area contributed by atoms with Crippen molar-refractivity contribution in [1.82, 2.24) is 4.90 Å². The van der Waals surface area contributed by atoms with Crippen molar-refractivity contribution in [2.75, 3.05) is 0 Å². The lowest BCUT2D eigenvalue weighted by Crippen LogP contribution is -2.46. The highest BCUT2D eigenvalue weighted by molar-refractivity contribution is 6.30. The Morgan fingerprint density at radius 3 is 2.80 bits per heavy atom. The van der Waals surface area contributed by atoms with Crippen LogP contribution in [-0.4, -0.2) is 22.9 Å². The van der Waals surface area contributed by atoms with Crippen LogP contribution in [0, 0.1) is 5.82 Å². The van der Waals surface area contributed by atoms with Gasteiger partial charge >= 0.3 is 0 Å². The van der Waals surface area contributed by atoms with Crippen molar-refractivity contribution in [3.63, 3.8) is 0 Å². The zero-order valence-electron chi connectivity index (χ0n) is 11.8. The van der Waals surface area contributed by atoms with Gasteiger partial charge in [-0.2, -0.15) is 0 Å². The maximum Gasteiger partial charge on any atom is 0.223 e. The van der Waals surface area contributed by atoms with Crippen LogP contribution in [0.4, 0.5) is 4.39 Å².